The molecule has 0 aliphatic heterocycles. The van der Waals surface area contributed by atoms with Crippen molar-refractivity contribution >= 4 is 11.8 Å². The van der Waals surface area contributed by atoms with Crippen LogP contribution in [0.3, 0.4) is 0 Å². The van der Waals surface area contributed by atoms with E-state index in [9.17, 15) is 9.59 Å². The van der Waals surface area contributed by atoms with Crippen LogP contribution < -0.4 is 10.6 Å². The highest BCUT2D eigenvalue weighted by molar-refractivity contribution is 5.82. The molecule has 3 rings (SSSR count). The van der Waals surface area contributed by atoms with Gasteiger partial charge in [-0.1, -0.05) is 52.4 Å². The standard InChI is InChI=1S/C21H36N2O2/c1-21(2)15(14-19(24)22-16-9-5-3-6-10-16)13-18(21)20(25)23-17-11-7-4-8-12-17/h15-18H,3-14H2,1-2H3,(H,22,24)(H,23,25). The van der Waals surface area contributed by atoms with E-state index in [4.69, 9.17) is 0 Å². The molecular formula is C21H36N2O2. The zero-order valence-corrected chi connectivity index (χ0v) is 16.1. The summed E-state index contributed by atoms with van der Waals surface area (Å²) in [6.07, 6.45) is 13.5. The van der Waals surface area contributed by atoms with E-state index in [1.165, 1.54) is 38.5 Å². The molecule has 2 N–H and O–H groups in total. The first-order valence-corrected chi connectivity index (χ1v) is 10.6. The molecule has 2 atom stereocenters. The molecule has 0 aromatic carbocycles. The Labute approximate surface area is 152 Å². The highest BCUT2D eigenvalue weighted by Crippen LogP contribution is 2.53. The lowest BCUT2D eigenvalue weighted by Crippen LogP contribution is -2.55. The average molecular weight is 349 g/mol. The van der Waals surface area contributed by atoms with Crippen molar-refractivity contribution in [1.82, 2.24) is 10.6 Å². The van der Waals surface area contributed by atoms with Crippen molar-refractivity contribution in [3.63, 3.8) is 0 Å². The molecule has 3 aliphatic carbocycles. The van der Waals surface area contributed by atoms with Gasteiger partial charge in [0.25, 0.3) is 0 Å². The second-order valence-corrected chi connectivity index (χ2v) is 9.26. The molecule has 0 heterocycles. The molecule has 0 spiro atoms. The lowest BCUT2D eigenvalue weighted by molar-refractivity contribution is -0.145. The third-order valence-corrected chi connectivity index (χ3v) is 7.14. The van der Waals surface area contributed by atoms with E-state index in [0.717, 1.165) is 32.1 Å². The van der Waals surface area contributed by atoms with Gasteiger partial charge in [-0.3, -0.25) is 9.59 Å². The topological polar surface area (TPSA) is 58.2 Å². The van der Waals surface area contributed by atoms with Crippen LogP contribution in [0.2, 0.25) is 0 Å². The fraction of sp³-hybridized carbons (Fsp3) is 0.905. The Morgan fingerprint density at radius 3 is 1.88 bits per heavy atom. The number of carbonyl (C=O) groups is 2. The summed E-state index contributed by atoms with van der Waals surface area (Å²) in [7, 11) is 0. The van der Waals surface area contributed by atoms with Gasteiger partial charge in [0.2, 0.25) is 11.8 Å². The molecule has 3 saturated carbocycles. The van der Waals surface area contributed by atoms with Crippen LogP contribution >= 0.6 is 0 Å². The third kappa shape index (κ3) is 4.57. The Morgan fingerprint density at radius 1 is 0.840 bits per heavy atom. The molecule has 0 radical (unpaired) electrons. The number of hydrogen-bond donors (Lipinski definition) is 2. The Bertz CT molecular complexity index is 476. The molecule has 2 unspecified atom stereocenters. The van der Waals surface area contributed by atoms with E-state index in [2.05, 4.69) is 24.5 Å². The van der Waals surface area contributed by atoms with Crippen LogP contribution in [0, 0.1) is 17.3 Å². The Hall–Kier alpha value is -1.06. The maximum atomic E-state index is 12.6. The normalized spacial score (nSPS) is 30.3. The molecule has 0 aromatic heterocycles. The number of hydrogen-bond acceptors (Lipinski definition) is 2. The molecule has 142 valence electrons. The summed E-state index contributed by atoms with van der Waals surface area (Å²) in [5.41, 5.74) is -0.0668. The van der Waals surface area contributed by atoms with Crippen LogP contribution in [-0.2, 0) is 9.59 Å². The molecule has 4 nitrogen and oxygen atoms in total. The fourth-order valence-corrected chi connectivity index (χ4v) is 5.11. The largest absolute Gasteiger partial charge is 0.353 e. The van der Waals surface area contributed by atoms with Crippen LogP contribution in [0.4, 0.5) is 0 Å². The number of carbonyl (C=O) groups excluding carboxylic acids is 2. The predicted octanol–water partition coefficient (Wildman–Crippen LogP) is 3.94. The predicted molar refractivity (Wildman–Crippen MR) is 100 cm³/mol. The van der Waals surface area contributed by atoms with Gasteiger partial charge in [0, 0.05) is 24.4 Å². The van der Waals surface area contributed by atoms with Crippen LogP contribution in [0.15, 0.2) is 0 Å². The monoisotopic (exact) mass is 348 g/mol. The van der Waals surface area contributed by atoms with Crippen molar-refractivity contribution in [3.05, 3.63) is 0 Å². The van der Waals surface area contributed by atoms with Crippen molar-refractivity contribution < 1.29 is 9.59 Å². The molecule has 3 fully saturated rings. The average Bonchev–Trinajstić information content (AvgIpc) is 2.60. The molecule has 25 heavy (non-hydrogen) atoms. The van der Waals surface area contributed by atoms with Crippen LogP contribution in [-0.4, -0.2) is 23.9 Å². The van der Waals surface area contributed by atoms with E-state index in [0.29, 0.717) is 24.4 Å². The van der Waals surface area contributed by atoms with Crippen LogP contribution in [0.25, 0.3) is 0 Å². The minimum Gasteiger partial charge on any atom is -0.353 e. The van der Waals surface area contributed by atoms with Gasteiger partial charge in [-0.15, -0.1) is 0 Å². The van der Waals surface area contributed by atoms with Crippen LogP contribution in [0.5, 0.6) is 0 Å². The second kappa shape index (κ2) is 8.09. The number of rotatable bonds is 5. The highest BCUT2D eigenvalue weighted by Gasteiger charge is 2.52. The lowest BCUT2D eigenvalue weighted by atomic mass is 9.53. The van der Waals surface area contributed by atoms with Gasteiger partial charge in [-0.2, -0.15) is 0 Å². The Balaban J connectivity index is 1.43. The van der Waals surface area contributed by atoms with Crippen LogP contribution in [0.1, 0.15) is 90.9 Å². The smallest absolute Gasteiger partial charge is 0.223 e. The van der Waals surface area contributed by atoms with Gasteiger partial charge >= 0.3 is 0 Å². The lowest BCUT2D eigenvalue weighted by Gasteiger charge is -2.51. The van der Waals surface area contributed by atoms with E-state index in [1.54, 1.807) is 0 Å². The second-order valence-electron chi connectivity index (χ2n) is 9.26. The summed E-state index contributed by atoms with van der Waals surface area (Å²) in [4.78, 5) is 25.0. The minimum absolute atomic E-state index is 0.0668. The summed E-state index contributed by atoms with van der Waals surface area (Å²) >= 11 is 0. The molecule has 0 aromatic rings. The van der Waals surface area contributed by atoms with Gasteiger partial charge in [0.1, 0.15) is 0 Å². The van der Waals surface area contributed by atoms with Gasteiger partial charge in [-0.05, 0) is 43.4 Å². The molecule has 0 bridgehead atoms. The first-order valence-electron chi connectivity index (χ1n) is 10.6. The maximum Gasteiger partial charge on any atom is 0.223 e. The highest BCUT2D eigenvalue weighted by atomic mass is 16.2. The van der Waals surface area contributed by atoms with E-state index in [1.807, 2.05) is 0 Å². The molecule has 0 saturated heterocycles. The molecular weight excluding hydrogens is 312 g/mol. The zero-order valence-electron chi connectivity index (χ0n) is 16.1. The van der Waals surface area contributed by atoms with Crippen molar-refractivity contribution in [2.24, 2.45) is 17.3 Å². The molecule has 3 aliphatic rings. The first kappa shape index (κ1) is 18.7. The van der Waals surface area contributed by atoms with E-state index in [-0.39, 0.29) is 23.1 Å². The van der Waals surface area contributed by atoms with Crippen molar-refractivity contribution in [2.75, 3.05) is 0 Å². The van der Waals surface area contributed by atoms with Crippen molar-refractivity contribution in [3.8, 4) is 0 Å². The third-order valence-electron chi connectivity index (χ3n) is 7.14. The fourth-order valence-electron chi connectivity index (χ4n) is 5.11. The summed E-state index contributed by atoms with van der Waals surface area (Å²) in [5, 5.41) is 6.50. The number of nitrogens with one attached hydrogen (secondary N) is 2. The Kier molecular flexibility index (Phi) is 6.06. The van der Waals surface area contributed by atoms with Crippen molar-refractivity contribution in [1.29, 1.82) is 0 Å². The van der Waals surface area contributed by atoms with Gasteiger partial charge in [0.05, 0.1) is 0 Å². The summed E-state index contributed by atoms with van der Waals surface area (Å²) in [5.74, 6) is 0.817. The summed E-state index contributed by atoms with van der Waals surface area (Å²) in [6.45, 7) is 4.33. The summed E-state index contributed by atoms with van der Waals surface area (Å²) < 4.78 is 0. The first-order chi connectivity index (χ1) is 12.0. The number of amides is 2. The van der Waals surface area contributed by atoms with Crippen molar-refractivity contribution in [2.45, 2.75) is 103 Å². The molecule has 2 amide bonds. The van der Waals surface area contributed by atoms with E-state index < -0.39 is 0 Å². The van der Waals surface area contributed by atoms with Gasteiger partial charge in [-0.25, -0.2) is 0 Å². The zero-order chi connectivity index (χ0) is 17.9. The Morgan fingerprint density at radius 2 is 1.36 bits per heavy atom. The SMILES string of the molecule is CC1(C)C(CC(=O)NC2CCCCC2)CC1C(=O)NC1CCCCC1. The molecule has 4 heteroatoms. The van der Waals surface area contributed by atoms with E-state index >= 15 is 0 Å². The maximum absolute atomic E-state index is 12.6. The minimum atomic E-state index is -0.0668. The summed E-state index contributed by atoms with van der Waals surface area (Å²) in [6, 6.07) is 0.764. The van der Waals surface area contributed by atoms with Gasteiger partial charge < -0.3 is 10.6 Å². The van der Waals surface area contributed by atoms with Gasteiger partial charge in [0.15, 0.2) is 0 Å². The quantitative estimate of drug-likeness (QED) is 0.791.